The summed E-state index contributed by atoms with van der Waals surface area (Å²) in [5.41, 5.74) is 1.74. The van der Waals surface area contributed by atoms with Gasteiger partial charge >= 0.3 is 0 Å². The van der Waals surface area contributed by atoms with E-state index >= 15 is 0 Å². The Balaban J connectivity index is 2.27. The molecule has 1 aromatic heterocycles. The van der Waals surface area contributed by atoms with E-state index in [1.165, 1.54) is 0 Å². The number of benzene rings is 1. The highest BCUT2D eigenvalue weighted by Gasteiger charge is 2.14. The summed E-state index contributed by atoms with van der Waals surface area (Å²) in [4.78, 5) is 12.2. The van der Waals surface area contributed by atoms with Crippen LogP contribution in [-0.2, 0) is 7.05 Å². The molecule has 1 heterocycles. The number of aromatic nitrogens is 1. The number of aliphatic hydroxyl groups excluding tert-OH is 1. The first-order valence-electron chi connectivity index (χ1n) is 5.89. The van der Waals surface area contributed by atoms with Crippen LogP contribution < -0.4 is 5.32 Å². The number of nitrogens with one attached hydrogen (secondary N) is 1. The maximum atomic E-state index is 12.2. The summed E-state index contributed by atoms with van der Waals surface area (Å²) < 4.78 is 1.66. The van der Waals surface area contributed by atoms with Crippen molar-refractivity contribution in [2.24, 2.45) is 7.05 Å². The maximum absolute atomic E-state index is 12.2. The van der Waals surface area contributed by atoms with Crippen molar-refractivity contribution in [1.29, 1.82) is 0 Å². The number of nitrogens with zero attached hydrogens (tertiary/aromatic N) is 1. The molecule has 5 heteroatoms. The monoisotopic (exact) mass is 278 g/mol. The van der Waals surface area contributed by atoms with Crippen molar-refractivity contribution in [3.8, 4) is 0 Å². The Morgan fingerprint density at radius 2 is 2.11 bits per heavy atom. The largest absolute Gasteiger partial charge is 0.389 e. The lowest BCUT2D eigenvalue weighted by atomic mass is 10.1. The van der Waals surface area contributed by atoms with Gasteiger partial charge in [-0.25, -0.2) is 0 Å². The van der Waals surface area contributed by atoms with Gasteiger partial charge in [-0.1, -0.05) is 29.8 Å². The van der Waals surface area contributed by atoms with Crippen LogP contribution in [-0.4, -0.2) is 15.6 Å². The number of carbonyl (C=O) groups excluding carboxylic acids is 1. The van der Waals surface area contributed by atoms with E-state index in [4.69, 9.17) is 11.6 Å². The first-order valence-corrected chi connectivity index (χ1v) is 6.27. The molecule has 1 atom stereocenters. The SMILES string of the molecule is CC(O)c1ccccc1NC(=O)c1cc(Cl)cn1C. The van der Waals surface area contributed by atoms with Crippen molar-refractivity contribution in [1.82, 2.24) is 4.57 Å². The van der Waals surface area contributed by atoms with Gasteiger partial charge in [0.05, 0.1) is 11.1 Å². The standard InChI is InChI=1S/C14H15ClN2O2/c1-9(18)11-5-3-4-6-12(11)16-14(19)13-7-10(15)8-17(13)2/h3-9,18H,1-2H3,(H,16,19). The topological polar surface area (TPSA) is 54.3 Å². The van der Waals surface area contributed by atoms with Gasteiger partial charge in [0.15, 0.2) is 0 Å². The molecule has 0 saturated heterocycles. The summed E-state index contributed by atoms with van der Waals surface area (Å²) in [6, 6.07) is 8.75. The highest BCUT2D eigenvalue weighted by atomic mass is 35.5. The smallest absolute Gasteiger partial charge is 0.272 e. The Morgan fingerprint density at radius 1 is 1.42 bits per heavy atom. The van der Waals surface area contributed by atoms with E-state index in [1.807, 2.05) is 6.07 Å². The number of anilines is 1. The molecule has 0 saturated carbocycles. The summed E-state index contributed by atoms with van der Waals surface area (Å²) in [6.45, 7) is 1.66. The van der Waals surface area contributed by atoms with Gasteiger partial charge in [-0.2, -0.15) is 0 Å². The fraction of sp³-hybridized carbons (Fsp3) is 0.214. The number of halogens is 1. The Morgan fingerprint density at radius 3 is 2.68 bits per heavy atom. The molecule has 0 aliphatic rings. The van der Waals surface area contributed by atoms with Gasteiger partial charge in [-0.05, 0) is 19.1 Å². The molecule has 4 nitrogen and oxygen atoms in total. The molecule has 100 valence electrons. The molecule has 0 spiro atoms. The predicted molar refractivity (Wildman–Crippen MR) is 75.5 cm³/mol. The van der Waals surface area contributed by atoms with Gasteiger partial charge in [0.1, 0.15) is 5.69 Å². The number of rotatable bonds is 3. The molecular formula is C14H15ClN2O2. The highest BCUT2D eigenvalue weighted by Crippen LogP contribution is 2.23. The molecule has 2 N–H and O–H groups in total. The lowest BCUT2D eigenvalue weighted by molar-refractivity contribution is 0.101. The van der Waals surface area contributed by atoms with Gasteiger partial charge < -0.3 is 15.0 Å². The third kappa shape index (κ3) is 2.97. The van der Waals surface area contributed by atoms with Crippen LogP contribution in [0.15, 0.2) is 36.5 Å². The minimum atomic E-state index is -0.645. The van der Waals surface area contributed by atoms with E-state index in [0.717, 1.165) is 0 Å². The molecule has 2 rings (SSSR count). The first kappa shape index (κ1) is 13.6. The average molecular weight is 279 g/mol. The van der Waals surface area contributed by atoms with E-state index in [2.05, 4.69) is 5.32 Å². The summed E-state index contributed by atoms with van der Waals surface area (Å²) >= 11 is 5.85. The number of amides is 1. The quantitative estimate of drug-likeness (QED) is 0.907. The van der Waals surface area contributed by atoms with Gasteiger partial charge in [0, 0.05) is 24.5 Å². The van der Waals surface area contributed by atoms with Crippen molar-refractivity contribution in [3.63, 3.8) is 0 Å². The molecule has 0 bridgehead atoms. The molecule has 0 fully saturated rings. The molecule has 1 aromatic carbocycles. The van der Waals surface area contributed by atoms with E-state index in [-0.39, 0.29) is 5.91 Å². The molecular weight excluding hydrogens is 264 g/mol. The Hall–Kier alpha value is -1.78. The normalized spacial score (nSPS) is 12.2. The third-order valence-corrected chi connectivity index (χ3v) is 3.07. The van der Waals surface area contributed by atoms with Crippen molar-refractivity contribution < 1.29 is 9.90 Å². The van der Waals surface area contributed by atoms with Gasteiger partial charge in [-0.3, -0.25) is 4.79 Å². The minimum absolute atomic E-state index is 0.262. The lowest BCUT2D eigenvalue weighted by Crippen LogP contribution is -2.16. The van der Waals surface area contributed by atoms with Crippen LogP contribution in [0.3, 0.4) is 0 Å². The van der Waals surface area contributed by atoms with Crippen LogP contribution in [0, 0.1) is 0 Å². The second kappa shape index (κ2) is 5.47. The number of hydrogen-bond donors (Lipinski definition) is 2. The molecule has 0 aliphatic carbocycles. The third-order valence-electron chi connectivity index (χ3n) is 2.86. The van der Waals surface area contributed by atoms with E-state index in [9.17, 15) is 9.90 Å². The predicted octanol–water partition coefficient (Wildman–Crippen LogP) is 2.98. The van der Waals surface area contributed by atoms with Crippen LogP contribution in [0.2, 0.25) is 5.02 Å². The summed E-state index contributed by atoms with van der Waals surface area (Å²) in [5.74, 6) is -0.262. The van der Waals surface area contributed by atoms with E-state index in [0.29, 0.717) is 22.0 Å². The number of hydrogen-bond acceptors (Lipinski definition) is 2. The Bertz CT molecular complexity index is 605. The van der Waals surface area contributed by atoms with Crippen molar-refractivity contribution >= 4 is 23.2 Å². The van der Waals surface area contributed by atoms with Crippen molar-refractivity contribution in [2.75, 3.05) is 5.32 Å². The molecule has 19 heavy (non-hydrogen) atoms. The van der Waals surface area contributed by atoms with Crippen molar-refractivity contribution in [3.05, 3.63) is 52.8 Å². The average Bonchev–Trinajstić information content (AvgIpc) is 2.69. The fourth-order valence-electron chi connectivity index (χ4n) is 1.91. The van der Waals surface area contributed by atoms with Crippen LogP contribution >= 0.6 is 11.6 Å². The molecule has 1 amide bonds. The summed E-state index contributed by atoms with van der Waals surface area (Å²) in [5, 5.41) is 13.0. The number of aliphatic hydroxyl groups is 1. The van der Waals surface area contributed by atoms with Gasteiger partial charge in [0.25, 0.3) is 5.91 Å². The zero-order valence-electron chi connectivity index (χ0n) is 10.7. The Labute approximate surface area is 116 Å². The van der Waals surface area contributed by atoms with Gasteiger partial charge in [0.2, 0.25) is 0 Å². The second-order valence-electron chi connectivity index (χ2n) is 4.37. The minimum Gasteiger partial charge on any atom is -0.389 e. The van der Waals surface area contributed by atoms with E-state index < -0.39 is 6.10 Å². The van der Waals surface area contributed by atoms with Crippen LogP contribution in [0.5, 0.6) is 0 Å². The molecule has 1 unspecified atom stereocenters. The lowest BCUT2D eigenvalue weighted by Gasteiger charge is -2.13. The number of para-hydroxylation sites is 1. The van der Waals surface area contributed by atoms with Gasteiger partial charge in [-0.15, -0.1) is 0 Å². The molecule has 0 radical (unpaired) electrons. The first-order chi connectivity index (χ1) is 8.99. The Kier molecular flexibility index (Phi) is 3.93. The van der Waals surface area contributed by atoms with Crippen LogP contribution in [0.4, 0.5) is 5.69 Å². The second-order valence-corrected chi connectivity index (χ2v) is 4.81. The molecule has 0 aliphatic heterocycles. The number of aryl methyl sites for hydroxylation is 1. The zero-order valence-corrected chi connectivity index (χ0v) is 11.5. The fourth-order valence-corrected chi connectivity index (χ4v) is 2.16. The summed E-state index contributed by atoms with van der Waals surface area (Å²) in [6.07, 6.45) is 1.02. The number of carbonyl (C=O) groups is 1. The zero-order chi connectivity index (χ0) is 14.0. The molecule has 2 aromatic rings. The summed E-state index contributed by atoms with van der Waals surface area (Å²) in [7, 11) is 1.75. The highest BCUT2D eigenvalue weighted by molar-refractivity contribution is 6.31. The van der Waals surface area contributed by atoms with Crippen molar-refractivity contribution in [2.45, 2.75) is 13.0 Å². The van der Waals surface area contributed by atoms with Crippen LogP contribution in [0.1, 0.15) is 29.1 Å². The van der Waals surface area contributed by atoms with E-state index in [1.54, 1.807) is 49.0 Å². The van der Waals surface area contributed by atoms with Crippen LogP contribution in [0.25, 0.3) is 0 Å². The maximum Gasteiger partial charge on any atom is 0.272 e.